The molecule has 1 rings (SSSR count). The molecule has 0 radical (unpaired) electrons. The summed E-state index contributed by atoms with van der Waals surface area (Å²) in [6, 6.07) is 1.57. The quantitative estimate of drug-likeness (QED) is 0.827. The molecule has 0 unspecified atom stereocenters. The molecule has 1 amide bonds. The van der Waals surface area contributed by atoms with Gasteiger partial charge in [0.05, 0.1) is 11.2 Å². The van der Waals surface area contributed by atoms with Crippen LogP contribution in [0.2, 0.25) is 5.02 Å². The molecule has 2 N–H and O–H groups in total. The van der Waals surface area contributed by atoms with Crippen LogP contribution in [0.4, 0.5) is 0 Å². The SMILES string of the molecule is CC(C)(Oc1cncc(Cl)c1)C(N)=O. The standard InChI is InChI=1S/C9H11ClN2O2/c1-9(2,8(11)13)14-7-3-6(10)4-12-5-7/h3-5H,1-2H3,(H2,11,13). The summed E-state index contributed by atoms with van der Waals surface area (Å²) in [7, 11) is 0. The van der Waals surface area contributed by atoms with E-state index in [9.17, 15) is 4.79 Å². The van der Waals surface area contributed by atoms with Gasteiger partial charge >= 0.3 is 0 Å². The first-order valence-electron chi connectivity index (χ1n) is 4.01. The van der Waals surface area contributed by atoms with Crippen LogP contribution in [0.15, 0.2) is 18.5 Å². The average molecular weight is 215 g/mol. The molecule has 14 heavy (non-hydrogen) atoms. The zero-order valence-electron chi connectivity index (χ0n) is 7.95. The summed E-state index contributed by atoms with van der Waals surface area (Å²) in [5.41, 5.74) is 4.08. The van der Waals surface area contributed by atoms with Crippen LogP contribution in [0.3, 0.4) is 0 Å². The molecule has 0 aliphatic carbocycles. The molecule has 0 fully saturated rings. The second kappa shape index (κ2) is 3.84. The zero-order valence-corrected chi connectivity index (χ0v) is 8.71. The highest BCUT2D eigenvalue weighted by Crippen LogP contribution is 2.20. The Labute approximate surface area is 87.0 Å². The van der Waals surface area contributed by atoms with Crippen molar-refractivity contribution in [3.8, 4) is 5.75 Å². The highest BCUT2D eigenvalue weighted by Gasteiger charge is 2.27. The van der Waals surface area contributed by atoms with Crippen LogP contribution >= 0.6 is 11.6 Å². The van der Waals surface area contributed by atoms with Crippen molar-refractivity contribution in [1.82, 2.24) is 4.98 Å². The smallest absolute Gasteiger partial charge is 0.261 e. The van der Waals surface area contributed by atoms with Crippen molar-refractivity contribution in [3.63, 3.8) is 0 Å². The van der Waals surface area contributed by atoms with Gasteiger partial charge in [0.1, 0.15) is 5.75 Å². The molecule has 0 aromatic carbocycles. The molecule has 0 aliphatic rings. The van der Waals surface area contributed by atoms with Gasteiger partial charge in [-0.3, -0.25) is 9.78 Å². The van der Waals surface area contributed by atoms with Gasteiger partial charge in [0.25, 0.3) is 5.91 Å². The predicted octanol–water partition coefficient (Wildman–Crippen LogP) is 1.38. The van der Waals surface area contributed by atoms with Gasteiger partial charge in [-0.2, -0.15) is 0 Å². The molecule has 0 spiro atoms. The summed E-state index contributed by atoms with van der Waals surface area (Å²) in [5, 5.41) is 0.447. The number of carbonyl (C=O) groups excluding carboxylic acids is 1. The molecule has 76 valence electrons. The first-order chi connectivity index (χ1) is 6.42. The monoisotopic (exact) mass is 214 g/mol. The fourth-order valence-electron chi connectivity index (χ4n) is 0.793. The Bertz CT molecular complexity index is 352. The van der Waals surface area contributed by atoms with Crippen molar-refractivity contribution in [2.75, 3.05) is 0 Å². The Balaban J connectivity index is 2.83. The van der Waals surface area contributed by atoms with Crippen LogP contribution in [0.1, 0.15) is 13.8 Å². The van der Waals surface area contributed by atoms with E-state index < -0.39 is 11.5 Å². The second-order valence-corrected chi connectivity index (χ2v) is 3.75. The van der Waals surface area contributed by atoms with E-state index in [0.29, 0.717) is 10.8 Å². The number of ether oxygens (including phenoxy) is 1. The lowest BCUT2D eigenvalue weighted by atomic mass is 10.1. The van der Waals surface area contributed by atoms with Gasteiger partial charge in [0.2, 0.25) is 0 Å². The van der Waals surface area contributed by atoms with E-state index in [1.165, 1.54) is 12.4 Å². The topological polar surface area (TPSA) is 65.2 Å². The van der Waals surface area contributed by atoms with Crippen LogP contribution in [-0.2, 0) is 4.79 Å². The summed E-state index contributed by atoms with van der Waals surface area (Å²) in [6.07, 6.45) is 2.95. The summed E-state index contributed by atoms with van der Waals surface area (Å²) in [5.74, 6) is -0.126. The number of rotatable bonds is 3. The lowest BCUT2D eigenvalue weighted by molar-refractivity contribution is -0.130. The molecule has 1 heterocycles. The minimum absolute atomic E-state index is 0.418. The summed E-state index contributed by atoms with van der Waals surface area (Å²) >= 11 is 5.69. The first-order valence-corrected chi connectivity index (χ1v) is 4.39. The highest BCUT2D eigenvalue weighted by atomic mass is 35.5. The molecule has 4 nitrogen and oxygen atoms in total. The van der Waals surface area contributed by atoms with Gasteiger partial charge in [-0.1, -0.05) is 11.6 Å². The van der Waals surface area contributed by atoms with Crippen LogP contribution < -0.4 is 10.5 Å². The molecule has 0 aliphatic heterocycles. The van der Waals surface area contributed by atoms with Crippen molar-refractivity contribution >= 4 is 17.5 Å². The Morgan fingerprint density at radius 3 is 2.71 bits per heavy atom. The number of nitrogens with zero attached hydrogens (tertiary/aromatic N) is 1. The Kier molecular flexibility index (Phi) is 2.96. The van der Waals surface area contributed by atoms with E-state index in [4.69, 9.17) is 22.1 Å². The number of nitrogens with two attached hydrogens (primary N) is 1. The largest absolute Gasteiger partial charge is 0.476 e. The molecular weight excluding hydrogens is 204 g/mol. The van der Waals surface area contributed by atoms with Gasteiger partial charge in [-0.25, -0.2) is 0 Å². The number of amides is 1. The number of primary amides is 1. The van der Waals surface area contributed by atoms with Gasteiger partial charge in [0, 0.05) is 12.3 Å². The molecule has 0 bridgehead atoms. The van der Waals surface area contributed by atoms with Gasteiger partial charge in [0.15, 0.2) is 5.60 Å². The Hall–Kier alpha value is -1.29. The first kappa shape index (κ1) is 10.8. The van der Waals surface area contributed by atoms with Gasteiger partial charge in [-0.15, -0.1) is 0 Å². The normalized spacial score (nSPS) is 11.1. The van der Waals surface area contributed by atoms with Crippen LogP contribution in [0, 0.1) is 0 Å². The number of carbonyl (C=O) groups is 1. The average Bonchev–Trinajstić information content (AvgIpc) is 2.02. The number of pyridine rings is 1. The fraction of sp³-hybridized carbons (Fsp3) is 0.333. The van der Waals surface area contributed by atoms with Gasteiger partial charge in [-0.05, 0) is 13.8 Å². The summed E-state index contributed by atoms with van der Waals surface area (Å²) in [6.45, 7) is 3.16. The number of hydrogen-bond donors (Lipinski definition) is 1. The maximum Gasteiger partial charge on any atom is 0.261 e. The third-order valence-corrected chi connectivity index (χ3v) is 1.85. The number of halogens is 1. The molecular formula is C9H11ClN2O2. The maximum atomic E-state index is 11.0. The lowest BCUT2D eigenvalue weighted by Gasteiger charge is -2.22. The maximum absolute atomic E-state index is 11.0. The van der Waals surface area contributed by atoms with E-state index in [1.54, 1.807) is 19.9 Å². The molecule has 1 aromatic rings. The molecule has 0 saturated carbocycles. The van der Waals surface area contributed by atoms with E-state index in [2.05, 4.69) is 4.98 Å². The summed E-state index contributed by atoms with van der Waals surface area (Å²) < 4.78 is 5.32. The molecule has 5 heteroatoms. The highest BCUT2D eigenvalue weighted by molar-refractivity contribution is 6.30. The fourth-order valence-corrected chi connectivity index (χ4v) is 0.957. The van der Waals surface area contributed by atoms with Gasteiger partial charge < -0.3 is 10.5 Å². The molecule has 1 aromatic heterocycles. The van der Waals surface area contributed by atoms with Crippen LogP contribution in [-0.4, -0.2) is 16.5 Å². The van der Waals surface area contributed by atoms with Crippen molar-refractivity contribution in [2.45, 2.75) is 19.4 Å². The Morgan fingerprint density at radius 2 is 2.21 bits per heavy atom. The van der Waals surface area contributed by atoms with Crippen molar-refractivity contribution in [1.29, 1.82) is 0 Å². The Morgan fingerprint density at radius 1 is 1.57 bits per heavy atom. The van der Waals surface area contributed by atoms with E-state index in [-0.39, 0.29) is 0 Å². The molecule has 0 saturated heterocycles. The molecule has 0 atom stereocenters. The third-order valence-electron chi connectivity index (χ3n) is 1.65. The van der Waals surface area contributed by atoms with E-state index in [1.807, 2.05) is 0 Å². The van der Waals surface area contributed by atoms with Crippen LogP contribution in [0.25, 0.3) is 0 Å². The second-order valence-electron chi connectivity index (χ2n) is 3.32. The van der Waals surface area contributed by atoms with E-state index in [0.717, 1.165) is 0 Å². The predicted molar refractivity (Wildman–Crippen MR) is 53.1 cm³/mol. The van der Waals surface area contributed by atoms with Crippen molar-refractivity contribution in [3.05, 3.63) is 23.5 Å². The minimum Gasteiger partial charge on any atom is -0.476 e. The van der Waals surface area contributed by atoms with Crippen molar-refractivity contribution < 1.29 is 9.53 Å². The minimum atomic E-state index is -1.06. The third kappa shape index (κ3) is 2.60. The van der Waals surface area contributed by atoms with Crippen molar-refractivity contribution in [2.24, 2.45) is 5.73 Å². The zero-order chi connectivity index (χ0) is 10.8. The number of aromatic nitrogens is 1. The summed E-state index contributed by atoms with van der Waals surface area (Å²) in [4.78, 5) is 14.8. The number of hydrogen-bond acceptors (Lipinski definition) is 3. The van der Waals surface area contributed by atoms with Crippen LogP contribution in [0.5, 0.6) is 5.75 Å². The lowest BCUT2D eigenvalue weighted by Crippen LogP contribution is -2.43. The van der Waals surface area contributed by atoms with E-state index >= 15 is 0 Å².